The van der Waals surface area contributed by atoms with Crippen molar-refractivity contribution >= 4 is 12.6 Å². The number of nitrogens with zero attached hydrogens (tertiary/aromatic N) is 2. The third-order valence-electron chi connectivity index (χ3n) is 3.76. The molecule has 1 saturated heterocycles. The first-order valence-electron chi connectivity index (χ1n) is 7.54. The Hall–Kier alpha value is 0.230. The van der Waals surface area contributed by atoms with Gasteiger partial charge in [0.2, 0.25) is 0 Å². The van der Waals surface area contributed by atoms with Crippen LogP contribution in [0.4, 0.5) is 0 Å². The average molecular weight is 289 g/mol. The molecule has 0 spiro atoms. The molecule has 114 valence electrons. The van der Waals surface area contributed by atoms with E-state index in [-0.39, 0.29) is 5.44 Å². The minimum atomic E-state index is 0.0468. The minimum absolute atomic E-state index is 0.0468. The van der Waals surface area contributed by atoms with Gasteiger partial charge in [-0.3, -0.25) is 9.80 Å². The second kappa shape index (κ2) is 7.87. The van der Waals surface area contributed by atoms with Crippen molar-refractivity contribution < 1.29 is 4.74 Å². The lowest BCUT2D eigenvalue weighted by Crippen LogP contribution is -2.53. The molecule has 0 aromatic rings. The Labute approximate surface area is 125 Å². The summed E-state index contributed by atoms with van der Waals surface area (Å²) in [6.07, 6.45) is 1.28. The monoisotopic (exact) mass is 288 g/mol. The van der Waals surface area contributed by atoms with Crippen molar-refractivity contribution in [2.75, 3.05) is 39.3 Å². The highest BCUT2D eigenvalue weighted by atomic mass is 32.1. The van der Waals surface area contributed by atoms with Gasteiger partial charge in [0.15, 0.2) is 0 Å². The minimum Gasteiger partial charge on any atom is -0.367 e. The van der Waals surface area contributed by atoms with Crippen LogP contribution in [-0.4, -0.2) is 60.6 Å². The molecule has 1 heterocycles. The summed E-state index contributed by atoms with van der Waals surface area (Å²) in [4.78, 5) is 5.14. The maximum Gasteiger partial charge on any atom is 0.0972 e. The normalized spacial score (nSPS) is 24.6. The zero-order chi connectivity index (χ0) is 14.5. The predicted molar refractivity (Wildman–Crippen MR) is 85.9 cm³/mol. The Morgan fingerprint density at radius 1 is 1.26 bits per heavy atom. The van der Waals surface area contributed by atoms with Gasteiger partial charge in [-0.15, -0.1) is 12.6 Å². The highest BCUT2D eigenvalue weighted by Gasteiger charge is 2.24. The summed E-state index contributed by atoms with van der Waals surface area (Å²) in [5.41, 5.74) is 0.485. The lowest BCUT2D eigenvalue weighted by molar-refractivity contribution is 0.0443. The molecule has 2 atom stereocenters. The topological polar surface area (TPSA) is 15.7 Å². The van der Waals surface area contributed by atoms with Crippen molar-refractivity contribution in [1.82, 2.24) is 9.80 Å². The van der Waals surface area contributed by atoms with Gasteiger partial charge in [-0.25, -0.2) is 0 Å². The predicted octanol–water partition coefficient (Wildman–Crippen LogP) is 2.72. The Kier molecular flexibility index (Phi) is 7.15. The van der Waals surface area contributed by atoms with Gasteiger partial charge >= 0.3 is 0 Å². The van der Waals surface area contributed by atoms with E-state index in [1.165, 1.54) is 26.1 Å². The van der Waals surface area contributed by atoms with Crippen LogP contribution in [0.25, 0.3) is 0 Å². The van der Waals surface area contributed by atoms with Crippen molar-refractivity contribution in [2.24, 2.45) is 5.41 Å². The van der Waals surface area contributed by atoms with Crippen LogP contribution in [0, 0.1) is 5.41 Å². The molecule has 1 fully saturated rings. The lowest BCUT2D eigenvalue weighted by Gasteiger charge is -2.40. The molecular formula is C15H32N2OS. The Morgan fingerprint density at radius 2 is 1.95 bits per heavy atom. The summed E-state index contributed by atoms with van der Waals surface area (Å²) in [6.45, 7) is 17.8. The van der Waals surface area contributed by atoms with Gasteiger partial charge in [0.25, 0.3) is 0 Å². The molecule has 0 aromatic heterocycles. The summed E-state index contributed by atoms with van der Waals surface area (Å²) in [5.74, 6) is 0. The number of hydrogen-bond donors (Lipinski definition) is 1. The zero-order valence-corrected chi connectivity index (χ0v) is 14.2. The fraction of sp³-hybridized carbons (Fsp3) is 1.00. The molecule has 0 aromatic carbocycles. The lowest BCUT2D eigenvalue weighted by atomic mass is 9.92. The summed E-state index contributed by atoms with van der Waals surface area (Å²) in [7, 11) is 0. The summed E-state index contributed by atoms with van der Waals surface area (Å²) in [5, 5.41) is 0. The molecular weight excluding hydrogens is 256 g/mol. The summed E-state index contributed by atoms with van der Waals surface area (Å²) >= 11 is 4.23. The number of thiol groups is 1. The van der Waals surface area contributed by atoms with E-state index in [2.05, 4.69) is 50.1 Å². The van der Waals surface area contributed by atoms with Gasteiger partial charge in [0.1, 0.15) is 0 Å². The van der Waals surface area contributed by atoms with Crippen LogP contribution in [0.1, 0.15) is 41.0 Å². The SMILES string of the molecule is CC(S)OCCN1CCN(CCC(C)(C)C)[C@@H](C)C1. The molecule has 4 heteroatoms. The molecule has 0 radical (unpaired) electrons. The number of ether oxygens (including phenoxy) is 1. The Balaban J connectivity index is 2.23. The van der Waals surface area contributed by atoms with Crippen molar-refractivity contribution in [1.29, 1.82) is 0 Å². The second-order valence-electron chi connectivity index (χ2n) is 6.97. The highest BCUT2D eigenvalue weighted by molar-refractivity contribution is 7.80. The first-order valence-corrected chi connectivity index (χ1v) is 8.05. The molecule has 0 aliphatic carbocycles. The van der Waals surface area contributed by atoms with Gasteiger partial charge in [-0.2, -0.15) is 0 Å². The van der Waals surface area contributed by atoms with E-state index in [9.17, 15) is 0 Å². The number of piperazine rings is 1. The highest BCUT2D eigenvalue weighted by Crippen LogP contribution is 2.20. The first-order chi connectivity index (χ1) is 8.78. The standard InChI is InChI=1S/C15H32N2OS/c1-13-12-16(10-11-18-14(2)19)8-9-17(13)7-6-15(3,4)5/h13-14,19H,6-12H2,1-5H3/t13-,14?/m0/s1. The smallest absolute Gasteiger partial charge is 0.0972 e. The molecule has 19 heavy (non-hydrogen) atoms. The van der Waals surface area contributed by atoms with Crippen LogP contribution >= 0.6 is 12.6 Å². The summed E-state index contributed by atoms with van der Waals surface area (Å²) in [6, 6.07) is 0.657. The first kappa shape index (κ1) is 17.3. The second-order valence-corrected chi connectivity index (χ2v) is 7.69. The van der Waals surface area contributed by atoms with Gasteiger partial charge in [0.05, 0.1) is 12.0 Å². The van der Waals surface area contributed by atoms with E-state index in [0.717, 1.165) is 19.7 Å². The molecule has 0 amide bonds. The Bertz CT molecular complexity index is 253. The average Bonchev–Trinajstić information content (AvgIpc) is 2.26. The summed E-state index contributed by atoms with van der Waals surface area (Å²) < 4.78 is 5.51. The van der Waals surface area contributed by atoms with E-state index in [1.54, 1.807) is 0 Å². The van der Waals surface area contributed by atoms with Gasteiger partial charge in [-0.05, 0) is 32.2 Å². The molecule has 0 N–H and O–H groups in total. The third-order valence-corrected chi connectivity index (χ3v) is 3.91. The zero-order valence-electron chi connectivity index (χ0n) is 13.4. The van der Waals surface area contributed by atoms with Gasteiger partial charge in [0, 0.05) is 32.2 Å². The van der Waals surface area contributed by atoms with Crippen molar-refractivity contribution in [2.45, 2.75) is 52.5 Å². The van der Waals surface area contributed by atoms with Crippen LogP contribution in [0.15, 0.2) is 0 Å². The molecule has 1 rings (SSSR count). The number of rotatable bonds is 6. The quantitative estimate of drug-likeness (QED) is 0.598. The molecule has 1 aliphatic rings. The van der Waals surface area contributed by atoms with Crippen LogP contribution in [0.3, 0.4) is 0 Å². The van der Waals surface area contributed by atoms with E-state index in [1.807, 2.05) is 6.92 Å². The Morgan fingerprint density at radius 3 is 2.47 bits per heavy atom. The number of hydrogen-bond acceptors (Lipinski definition) is 4. The fourth-order valence-electron chi connectivity index (χ4n) is 2.44. The third kappa shape index (κ3) is 7.54. The van der Waals surface area contributed by atoms with E-state index >= 15 is 0 Å². The van der Waals surface area contributed by atoms with Crippen LogP contribution in [-0.2, 0) is 4.74 Å². The van der Waals surface area contributed by atoms with Crippen LogP contribution < -0.4 is 0 Å². The van der Waals surface area contributed by atoms with Crippen molar-refractivity contribution in [3.63, 3.8) is 0 Å². The van der Waals surface area contributed by atoms with E-state index in [0.29, 0.717) is 11.5 Å². The molecule has 0 bridgehead atoms. The largest absolute Gasteiger partial charge is 0.367 e. The molecule has 1 unspecified atom stereocenters. The van der Waals surface area contributed by atoms with E-state index < -0.39 is 0 Å². The fourth-order valence-corrected chi connectivity index (χ4v) is 2.54. The van der Waals surface area contributed by atoms with Crippen LogP contribution in [0.5, 0.6) is 0 Å². The van der Waals surface area contributed by atoms with E-state index in [4.69, 9.17) is 4.74 Å². The molecule has 1 aliphatic heterocycles. The molecule has 3 nitrogen and oxygen atoms in total. The maximum absolute atomic E-state index is 5.51. The van der Waals surface area contributed by atoms with Gasteiger partial charge < -0.3 is 4.74 Å². The van der Waals surface area contributed by atoms with Crippen molar-refractivity contribution in [3.05, 3.63) is 0 Å². The van der Waals surface area contributed by atoms with Gasteiger partial charge in [-0.1, -0.05) is 20.8 Å². The molecule has 0 saturated carbocycles. The van der Waals surface area contributed by atoms with Crippen molar-refractivity contribution in [3.8, 4) is 0 Å². The van der Waals surface area contributed by atoms with Crippen LogP contribution in [0.2, 0.25) is 0 Å². The maximum atomic E-state index is 5.51.